The van der Waals surface area contributed by atoms with E-state index in [-0.39, 0.29) is 11.8 Å². The molecule has 2 aromatic heterocycles. The van der Waals surface area contributed by atoms with Gasteiger partial charge in [0, 0.05) is 26.3 Å². The highest BCUT2D eigenvalue weighted by atomic mass is 16.5. The van der Waals surface area contributed by atoms with Crippen molar-refractivity contribution in [3.8, 4) is 5.88 Å². The van der Waals surface area contributed by atoms with Crippen molar-refractivity contribution in [3.05, 3.63) is 35.6 Å². The maximum absolute atomic E-state index is 12.0. The maximum Gasteiger partial charge on any atom is 0.256 e. The first-order valence-corrected chi connectivity index (χ1v) is 6.32. The van der Waals surface area contributed by atoms with Gasteiger partial charge in [0.25, 0.3) is 5.91 Å². The molecule has 0 bridgehead atoms. The molecule has 2 aromatic rings. The molecule has 8 heteroatoms. The van der Waals surface area contributed by atoms with Gasteiger partial charge in [-0.2, -0.15) is 4.98 Å². The van der Waals surface area contributed by atoms with Gasteiger partial charge in [0.2, 0.25) is 11.8 Å². The number of carbonyl (C=O) groups is 1. The van der Waals surface area contributed by atoms with E-state index in [9.17, 15) is 4.79 Å². The fraction of sp³-hybridized carbons (Fsp3) is 0.385. The second-order valence-electron chi connectivity index (χ2n) is 4.10. The summed E-state index contributed by atoms with van der Waals surface area (Å²) < 4.78 is 14.9. The fourth-order valence-electron chi connectivity index (χ4n) is 1.68. The highest BCUT2D eigenvalue weighted by molar-refractivity contribution is 5.96. The van der Waals surface area contributed by atoms with Gasteiger partial charge in [0.15, 0.2) is 5.82 Å². The Balaban J connectivity index is 1.86. The molecule has 0 radical (unpaired) electrons. The van der Waals surface area contributed by atoms with Crippen LogP contribution in [-0.2, 0) is 17.8 Å². The van der Waals surface area contributed by atoms with E-state index in [1.807, 2.05) is 0 Å². The first-order chi connectivity index (χ1) is 10.2. The Hall–Kier alpha value is -2.48. The quantitative estimate of drug-likeness (QED) is 0.797. The maximum atomic E-state index is 12.0. The van der Waals surface area contributed by atoms with Gasteiger partial charge in [-0.1, -0.05) is 5.16 Å². The third-order valence-electron chi connectivity index (χ3n) is 2.62. The topological polar surface area (TPSA) is 99.4 Å². The lowest BCUT2D eigenvalue weighted by Crippen LogP contribution is -2.26. The summed E-state index contributed by atoms with van der Waals surface area (Å²) in [6, 6.07) is 3.32. The Morgan fingerprint density at radius 1 is 1.43 bits per heavy atom. The Kier molecular flexibility index (Phi) is 5.22. The number of hydrogen-bond acceptors (Lipinski definition) is 7. The second-order valence-corrected chi connectivity index (χ2v) is 4.10. The molecule has 1 N–H and O–H groups in total. The highest BCUT2D eigenvalue weighted by Gasteiger charge is 2.13. The number of nitrogens with zero attached hydrogens (tertiary/aromatic N) is 3. The lowest BCUT2D eigenvalue weighted by Gasteiger charge is -2.06. The molecule has 0 aliphatic carbocycles. The van der Waals surface area contributed by atoms with Crippen LogP contribution in [0.5, 0.6) is 5.88 Å². The number of nitrogens with one attached hydrogen (secondary N) is 1. The number of carbonyl (C=O) groups excluding carboxylic acids is 1. The standard InChI is InChI=1S/C13H16N4O4/c1-19-8-10-16-11(21-17-10)5-7-14-12(18)9-4-3-6-15-13(9)20-2/h3-4,6H,5,7-8H2,1-2H3,(H,14,18). The van der Waals surface area contributed by atoms with Crippen LogP contribution in [0.4, 0.5) is 0 Å². The highest BCUT2D eigenvalue weighted by Crippen LogP contribution is 2.12. The third-order valence-corrected chi connectivity index (χ3v) is 2.62. The van der Waals surface area contributed by atoms with Crippen LogP contribution in [0.1, 0.15) is 22.1 Å². The fourth-order valence-corrected chi connectivity index (χ4v) is 1.68. The smallest absolute Gasteiger partial charge is 0.256 e. The van der Waals surface area contributed by atoms with Crippen LogP contribution in [0, 0.1) is 0 Å². The Bertz CT molecular complexity index is 599. The monoisotopic (exact) mass is 292 g/mol. The summed E-state index contributed by atoms with van der Waals surface area (Å²) in [7, 11) is 3.02. The van der Waals surface area contributed by atoms with E-state index in [4.69, 9.17) is 14.0 Å². The molecule has 8 nitrogen and oxygen atoms in total. The molecule has 2 heterocycles. The number of pyridine rings is 1. The molecule has 21 heavy (non-hydrogen) atoms. The summed E-state index contributed by atoms with van der Waals surface area (Å²) in [5.74, 6) is 0.944. The van der Waals surface area contributed by atoms with Crippen molar-refractivity contribution in [1.29, 1.82) is 0 Å². The normalized spacial score (nSPS) is 10.4. The van der Waals surface area contributed by atoms with E-state index < -0.39 is 0 Å². The largest absolute Gasteiger partial charge is 0.480 e. The van der Waals surface area contributed by atoms with Crippen molar-refractivity contribution >= 4 is 5.91 Å². The van der Waals surface area contributed by atoms with Gasteiger partial charge in [0.05, 0.1) is 7.11 Å². The molecule has 0 atom stereocenters. The molecule has 1 amide bonds. The van der Waals surface area contributed by atoms with Gasteiger partial charge in [-0.15, -0.1) is 0 Å². The summed E-state index contributed by atoms with van der Waals surface area (Å²) in [6.45, 7) is 0.661. The molecular formula is C13H16N4O4. The van der Waals surface area contributed by atoms with Gasteiger partial charge >= 0.3 is 0 Å². The average Bonchev–Trinajstić information content (AvgIpc) is 2.95. The van der Waals surface area contributed by atoms with E-state index in [0.717, 1.165) is 0 Å². The van der Waals surface area contributed by atoms with Gasteiger partial charge in [-0.25, -0.2) is 4.98 Å². The molecule has 0 saturated carbocycles. The molecule has 0 spiro atoms. The number of hydrogen-bond donors (Lipinski definition) is 1. The van der Waals surface area contributed by atoms with Gasteiger partial charge in [-0.05, 0) is 12.1 Å². The van der Waals surface area contributed by atoms with Crippen LogP contribution >= 0.6 is 0 Å². The number of ether oxygens (including phenoxy) is 2. The molecule has 0 aromatic carbocycles. The van der Waals surface area contributed by atoms with Gasteiger partial charge in [0.1, 0.15) is 12.2 Å². The SMILES string of the molecule is COCc1noc(CCNC(=O)c2cccnc2OC)n1. The van der Waals surface area contributed by atoms with E-state index >= 15 is 0 Å². The van der Waals surface area contributed by atoms with Crippen molar-refractivity contribution in [1.82, 2.24) is 20.4 Å². The van der Waals surface area contributed by atoms with Crippen LogP contribution in [0.2, 0.25) is 0 Å². The number of aromatic nitrogens is 3. The van der Waals surface area contributed by atoms with Crippen LogP contribution < -0.4 is 10.1 Å². The first kappa shape index (κ1) is 14.9. The molecule has 0 fully saturated rings. The van der Waals surface area contributed by atoms with Crippen molar-refractivity contribution in [3.63, 3.8) is 0 Å². The van der Waals surface area contributed by atoms with Crippen LogP contribution in [0.3, 0.4) is 0 Å². The predicted octanol–water partition coefficient (Wildman–Crippen LogP) is 0.592. The lowest BCUT2D eigenvalue weighted by atomic mass is 10.2. The summed E-state index contributed by atoms with van der Waals surface area (Å²) in [5.41, 5.74) is 0.380. The van der Waals surface area contributed by atoms with Crippen LogP contribution in [0.25, 0.3) is 0 Å². The van der Waals surface area contributed by atoms with Gasteiger partial charge < -0.3 is 19.3 Å². The summed E-state index contributed by atoms with van der Waals surface area (Å²) >= 11 is 0. The zero-order valence-electron chi connectivity index (χ0n) is 11.8. The van der Waals surface area contributed by atoms with E-state index in [1.54, 1.807) is 25.4 Å². The Labute approximate surface area is 121 Å². The minimum Gasteiger partial charge on any atom is -0.480 e. The molecule has 0 aliphatic rings. The minimum atomic E-state index is -0.267. The molecule has 0 unspecified atom stereocenters. The van der Waals surface area contributed by atoms with Crippen molar-refractivity contribution in [2.75, 3.05) is 20.8 Å². The lowest BCUT2D eigenvalue weighted by molar-refractivity contribution is 0.0949. The molecule has 0 aliphatic heterocycles. The average molecular weight is 292 g/mol. The van der Waals surface area contributed by atoms with E-state index in [1.165, 1.54) is 7.11 Å². The zero-order valence-corrected chi connectivity index (χ0v) is 11.8. The molecule has 0 saturated heterocycles. The summed E-state index contributed by atoms with van der Waals surface area (Å²) in [5, 5.41) is 6.48. The number of methoxy groups -OCH3 is 2. The molecular weight excluding hydrogens is 276 g/mol. The Morgan fingerprint density at radius 2 is 2.29 bits per heavy atom. The van der Waals surface area contributed by atoms with Crippen molar-refractivity contribution in [2.24, 2.45) is 0 Å². The minimum absolute atomic E-state index is 0.267. The predicted molar refractivity (Wildman–Crippen MR) is 71.8 cm³/mol. The van der Waals surface area contributed by atoms with Crippen molar-refractivity contribution in [2.45, 2.75) is 13.0 Å². The molecule has 112 valence electrons. The summed E-state index contributed by atoms with van der Waals surface area (Å²) in [6.07, 6.45) is 2.00. The second kappa shape index (κ2) is 7.34. The zero-order chi connectivity index (χ0) is 15.1. The number of amides is 1. The molecule has 2 rings (SSSR count). The third kappa shape index (κ3) is 3.99. The van der Waals surface area contributed by atoms with Gasteiger partial charge in [-0.3, -0.25) is 4.79 Å². The number of rotatable bonds is 7. The first-order valence-electron chi connectivity index (χ1n) is 6.32. The summed E-state index contributed by atoms with van der Waals surface area (Å²) in [4.78, 5) is 20.1. The van der Waals surface area contributed by atoms with E-state index in [0.29, 0.717) is 36.9 Å². The van der Waals surface area contributed by atoms with Crippen LogP contribution in [0.15, 0.2) is 22.9 Å². The Morgan fingerprint density at radius 3 is 3.05 bits per heavy atom. The van der Waals surface area contributed by atoms with E-state index in [2.05, 4.69) is 20.4 Å². The van der Waals surface area contributed by atoms with Crippen molar-refractivity contribution < 1.29 is 18.8 Å². The van der Waals surface area contributed by atoms with Crippen LogP contribution in [-0.4, -0.2) is 41.8 Å².